The Morgan fingerprint density at radius 2 is 2.53 bits per heavy atom. The highest BCUT2D eigenvalue weighted by Gasteiger charge is 2.31. The fourth-order valence-electron chi connectivity index (χ4n) is 1.91. The van der Waals surface area contributed by atoms with E-state index in [2.05, 4.69) is 4.74 Å². The number of carbonyl (C=O) groups excluding carboxylic acids is 2. The van der Waals surface area contributed by atoms with Crippen LogP contribution in [0.4, 0.5) is 0 Å². The van der Waals surface area contributed by atoms with Gasteiger partial charge in [-0.05, 0) is 18.1 Å². The number of rotatable bonds is 2. The van der Waals surface area contributed by atoms with Crippen LogP contribution in [-0.2, 0) is 14.3 Å². The summed E-state index contributed by atoms with van der Waals surface area (Å²) in [6.45, 7) is 1.90. The molecule has 0 aromatic heterocycles. The predicted octanol–water partition coefficient (Wildman–Crippen LogP) is 0.433. The van der Waals surface area contributed by atoms with Crippen molar-refractivity contribution in [3.8, 4) is 0 Å². The Morgan fingerprint density at radius 1 is 1.73 bits per heavy atom. The van der Waals surface area contributed by atoms with Crippen LogP contribution in [0.15, 0.2) is 11.6 Å². The number of fused-ring (bicyclic) bond motifs is 1. The topological polar surface area (TPSA) is 46.6 Å². The lowest BCUT2D eigenvalue weighted by Gasteiger charge is -2.30. The number of esters is 1. The van der Waals surface area contributed by atoms with Crippen LogP contribution in [0.2, 0.25) is 0 Å². The largest absolute Gasteiger partial charge is 0.468 e. The van der Waals surface area contributed by atoms with Crippen LogP contribution < -0.4 is 0 Å². The lowest BCUT2D eigenvalue weighted by Crippen LogP contribution is -2.39. The highest BCUT2D eigenvalue weighted by Crippen LogP contribution is 2.34. The van der Waals surface area contributed by atoms with Gasteiger partial charge in [-0.1, -0.05) is 11.8 Å². The molecular weight excluding hydrogens is 214 g/mol. The summed E-state index contributed by atoms with van der Waals surface area (Å²) < 4.78 is 4.61. The van der Waals surface area contributed by atoms with Gasteiger partial charge in [-0.15, -0.1) is 0 Å². The summed E-state index contributed by atoms with van der Waals surface area (Å²) in [6, 6.07) is 0. The number of piperidine rings is 1. The van der Waals surface area contributed by atoms with E-state index in [0.29, 0.717) is 11.8 Å². The monoisotopic (exact) mass is 227 g/mol. The number of thioether (sulfide) groups is 1. The number of ether oxygens (including phenoxy) is 1. The maximum atomic E-state index is 11.2. The molecule has 2 aliphatic rings. The van der Waals surface area contributed by atoms with Crippen molar-refractivity contribution >= 4 is 22.8 Å². The molecule has 0 radical (unpaired) electrons. The predicted molar refractivity (Wildman–Crippen MR) is 57.5 cm³/mol. The number of nitrogens with zero attached hydrogens (tertiary/aromatic N) is 1. The van der Waals surface area contributed by atoms with Gasteiger partial charge in [0.2, 0.25) is 5.12 Å². The Morgan fingerprint density at radius 3 is 3.27 bits per heavy atom. The lowest BCUT2D eigenvalue weighted by molar-refractivity contribution is -0.141. The fraction of sp³-hybridized carbons (Fsp3) is 0.600. The summed E-state index contributed by atoms with van der Waals surface area (Å²) in [5.41, 5.74) is 1.15. The average Bonchev–Trinajstić information content (AvgIpc) is 2.57. The van der Waals surface area contributed by atoms with Gasteiger partial charge in [0.25, 0.3) is 0 Å². The molecular formula is C10H13NO3S. The first-order chi connectivity index (χ1) is 7.19. The van der Waals surface area contributed by atoms with Crippen molar-refractivity contribution in [2.75, 3.05) is 26.7 Å². The van der Waals surface area contributed by atoms with E-state index in [1.54, 1.807) is 6.08 Å². The molecule has 15 heavy (non-hydrogen) atoms. The van der Waals surface area contributed by atoms with Crippen LogP contribution in [0, 0.1) is 0 Å². The lowest BCUT2D eigenvalue weighted by atomic mass is 10.0. The molecule has 0 aliphatic carbocycles. The van der Waals surface area contributed by atoms with E-state index in [1.807, 2.05) is 4.90 Å². The van der Waals surface area contributed by atoms with Crippen molar-refractivity contribution in [1.82, 2.24) is 4.90 Å². The Kier molecular flexibility index (Phi) is 3.11. The number of hydrogen-bond donors (Lipinski definition) is 0. The normalized spacial score (nSPS) is 26.1. The molecule has 0 aromatic rings. The molecule has 1 atom stereocenters. The smallest absolute Gasteiger partial charge is 0.319 e. The summed E-state index contributed by atoms with van der Waals surface area (Å²) in [7, 11) is 1.39. The molecule has 4 nitrogen and oxygen atoms in total. The Labute approximate surface area is 92.6 Å². The molecule has 1 unspecified atom stereocenters. The van der Waals surface area contributed by atoms with Crippen LogP contribution in [0.3, 0.4) is 0 Å². The third-order valence-electron chi connectivity index (χ3n) is 2.67. The van der Waals surface area contributed by atoms with Gasteiger partial charge in [0, 0.05) is 18.3 Å². The van der Waals surface area contributed by atoms with Crippen LogP contribution >= 0.6 is 11.8 Å². The molecule has 82 valence electrons. The molecule has 0 aromatic carbocycles. The summed E-state index contributed by atoms with van der Waals surface area (Å²) in [5, 5.41) is 0.501. The number of carbonyl (C=O) groups is 2. The molecule has 5 heteroatoms. The summed E-state index contributed by atoms with van der Waals surface area (Å²) in [6.07, 6.45) is 2.65. The van der Waals surface area contributed by atoms with Crippen molar-refractivity contribution in [3.63, 3.8) is 0 Å². The van der Waals surface area contributed by atoms with Crippen molar-refractivity contribution in [2.45, 2.75) is 11.7 Å². The maximum Gasteiger partial charge on any atom is 0.319 e. The van der Waals surface area contributed by atoms with Gasteiger partial charge >= 0.3 is 5.97 Å². The van der Waals surface area contributed by atoms with Gasteiger partial charge in [-0.2, -0.15) is 0 Å². The molecule has 2 aliphatic heterocycles. The fourth-order valence-corrected chi connectivity index (χ4v) is 2.92. The highest BCUT2D eigenvalue weighted by molar-refractivity contribution is 8.15. The van der Waals surface area contributed by atoms with Crippen molar-refractivity contribution in [1.29, 1.82) is 0 Å². The number of hydrogen-bond acceptors (Lipinski definition) is 5. The first kappa shape index (κ1) is 10.7. The van der Waals surface area contributed by atoms with Crippen LogP contribution in [-0.4, -0.2) is 48.0 Å². The van der Waals surface area contributed by atoms with E-state index in [9.17, 15) is 9.59 Å². The molecule has 0 bridgehead atoms. The second-order valence-electron chi connectivity index (χ2n) is 3.72. The highest BCUT2D eigenvalue weighted by atomic mass is 32.2. The zero-order chi connectivity index (χ0) is 10.8. The second kappa shape index (κ2) is 4.37. The van der Waals surface area contributed by atoms with E-state index in [0.717, 1.165) is 25.1 Å². The number of methoxy groups -OCH3 is 1. The molecule has 0 saturated carbocycles. The van der Waals surface area contributed by atoms with Crippen LogP contribution in [0.1, 0.15) is 6.42 Å². The van der Waals surface area contributed by atoms with E-state index >= 15 is 0 Å². The third-order valence-corrected chi connectivity index (χ3v) is 3.84. The van der Waals surface area contributed by atoms with Gasteiger partial charge in [-0.25, -0.2) is 0 Å². The van der Waals surface area contributed by atoms with Gasteiger partial charge in [-0.3, -0.25) is 14.5 Å². The Hall–Kier alpha value is -0.810. The van der Waals surface area contributed by atoms with Crippen molar-refractivity contribution in [3.05, 3.63) is 11.6 Å². The average molecular weight is 227 g/mol. The summed E-state index contributed by atoms with van der Waals surface area (Å²) >= 11 is 1.40. The minimum absolute atomic E-state index is 0.148. The summed E-state index contributed by atoms with van der Waals surface area (Å²) in [5.74, 6) is -0.217. The molecule has 1 fully saturated rings. The molecule has 0 amide bonds. The zero-order valence-corrected chi connectivity index (χ0v) is 9.38. The first-order valence-electron chi connectivity index (χ1n) is 4.89. The van der Waals surface area contributed by atoms with Gasteiger partial charge in [0.1, 0.15) is 0 Å². The van der Waals surface area contributed by atoms with Crippen LogP contribution in [0.5, 0.6) is 0 Å². The summed E-state index contributed by atoms with van der Waals surface area (Å²) in [4.78, 5) is 24.3. The molecule has 2 rings (SSSR count). The van der Waals surface area contributed by atoms with E-state index in [4.69, 9.17) is 0 Å². The zero-order valence-electron chi connectivity index (χ0n) is 8.56. The van der Waals surface area contributed by atoms with Crippen molar-refractivity contribution in [2.24, 2.45) is 0 Å². The quantitative estimate of drug-likeness (QED) is 0.640. The van der Waals surface area contributed by atoms with Gasteiger partial charge < -0.3 is 4.74 Å². The van der Waals surface area contributed by atoms with Gasteiger partial charge in [0.05, 0.1) is 13.7 Å². The minimum atomic E-state index is -0.217. The SMILES string of the molecule is COC(=O)CN1CCC2SC(=O)C=C2C1. The standard InChI is InChI=1S/C10H13NO3S/c1-14-9(12)6-11-3-2-8-7(5-11)4-10(13)15-8/h4,8H,2-3,5-6H2,1H3. The Balaban J connectivity index is 1.94. The molecule has 0 spiro atoms. The van der Waals surface area contributed by atoms with E-state index in [-0.39, 0.29) is 11.1 Å². The van der Waals surface area contributed by atoms with E-state index < -0.39 is 0 Å². The van der Waals surface area contributed by atoms with Gasteiger partial charge in [0.15, 0.2) is 0 Å². The maximum absolute atomic E-state index is 11.2. The minimum Gasteiger partial charge on any atom is -0.468 e. The third kappa shape index (κ3) is 2.41. The first-order valence-corrected chi connectivity index (χ1v) is 5.77. The van der Waals surface area contributed by atoms with Crippen molar-refractivity contribution < 1.29 is 14.3 Å². The molecule has 0 N–H and O–H groups in total. The van der Waals surface area contributed by atoms with E-state index in [1.165, 1.54) is 18.9 Å². The van der Waals surface area contributed by atoms with Crippen LogP contribution in [0.25, 0.3) is 0 Å². The molecule has 2 heterocycles. The second-order valence-corrected chi connectivity index (χ2v) is 4.93. The molecule has 1 saturated heterocycles. The Bertz CT molecular complexity index is 327. The number of likely N-dealkylation sites (tertiary alicyclic amines) is 1.